The Morgan fingerprint density at radius 1 is 0.375 bits per heavy atom. The van der Waals surface area contributed by atoms with Crippen LogP contribution in [-0.4, -0.2) is 307 Å². The van der Waals surface area contributed by atoms with Crippen LogP contribution in [0.2, 0.25) is 0 Å². The molecule has 4 aliphatic heterocycles. The zero-order valence-corrected chi connectivity index (χ0v) is 74.6. The van der Waals surface area contributed by atoms with Crippen molar-refractivity contribution in [3.05, 3.63) is 0 Å². The third-order valence-electron chi connectivity index (χ3n) is 19.9. The zero-order chi connectivity index (χ0) is 84.6. The first kappa shape index (κ1) is 109. The van der Waals surface area contributed by atoms with Gasteiger partial charge in [0.2, 0.25) is 47.3 Å². The Kier molecular flexibility index (Phi) is 68.4. The largest absolute Gasteiger partial charge is 0.383 e. The molecule has 0 spiro atoms. The maximum Gasteiger partial charge on any atom is 0.222 e. The van der Waals surface area contributed by atoms with Gasteiger partial charge in [0.25, 0.3) is 0 Å². The standard InChI is InChI=1S/C14H29N3O2.C14H26N2O2.C13H27N3O2.C12H25NO3.C12H23NO.C11H20N2O2.C8H17NO3/c1-13(2)14(18)15-5-8-16-6-4-7-17(10-9-16)11-12-19-3;1-11(2)14(18)15-8-4-5-13-6-9-16(10-7-13)12(3)17;1-12(2)13(17)14-4-5-15-6-8-16(9-7-15)10-11-18-3;1-5-15-11(16-6-2)8-7-9-13-12(14)10(3)4;1-10(2)12(14)13-9-8-11-6-4-3-5-7-11;1-9(2)11(15)12-5-7-13-6-3-4-10(14)8-13;1-6(2)8(10)9-5-7(11-3)12-4/h13H,4-12H2,1-3H3,(H,15,18);11,13H,4-10H2,1-3H3,(H,15,18);12H,4-11H2,1-3H3,(H,14,17);10-11H,5-9H2,1-4H3,(H,13,14);10-11H,3-9H2,1-2H3,(H,13,14);9H,3-8H2,1-2H3,(H,12,15);6-7H,5H2,1-4H3,(H,9,10). The fraction of sp³-hybridized carbons (Fsp3) is 0.893. The Morgan fingerprint density at radius 3 is 1.11 bits per heavy atom. The van der Waals surface area contributed by atoms with Crippen LogP contribution in [0.4, 0.5) is 0 Å². The van der Waals surface area contributed by atoms with Crippen molar-refractivity contribution in [2.75, 3.05) is 212 Å². The number of ketones is 1. The van der Waals surface area contributed by atoms with Crippen molar-refractivity contribution in [1.29, 1.82) is 0 Å². The number of ether oxygens (including phenoxy) is 6. The first-order valence-corrected chi connectivity index (χ1v) is 42.9. The number of nitrogens with one attached hydrogen (secondary N) is 7. The maximum atomic E-state index is 11.5. The summed E-state index contributed by atoms with van der Waals surface area (Å²) in [6, 6.07) is 0. The Hall–Kier alpha value is -5.01. The average Bonchev–Trinajstić information content (AvgIpc) is 1.04. The van der Waals surface area contributed by atoms with Crippen molar-refractivity contribution in [2.45, 2.75) is 227 Å². The van der Waals surface area contributed by atoms with Gasteiger partial charge in [0, 0.05) is 227 Å². The molecule has 0 radical (unpaired) electrons. The molecule has 7 N–H and O–H groups in total. The summed E-state index contributed by atoms with van der Waals surface area (Å²) >= 11 is 0. The number of Topliss-reactive ketones (excluding diaryl/α,β-unsaturated/α-hetero) is 1. The third-order valence-corrected chi connectivity index (χ3v) is 19.9. The van der Waals surface area contributed by atoms with E-state index in [9.17, 15) is 43.2 Å². The lowest BCUT2D eigenvalue weighted by atomic mass is 9.87. The average molecular weight is 1600 g/mol. The molecule has 0 aromatic carbocycles. The van der Waals surface area contributed by atoms with E-state index in [1.807, 2.05) is 116 Å². The van der Waals surface area contributed by atoms with Gasteiger partial charge in [-0.25, -0.2) is 0 Å². The summed E-state index contributed by atoms with van der Waals surface area (Å²) in [6.45, 7) is 56.9. The van der Waals surface area contributed by atoms with Gasteiger partial charge in [-0.3, -0.25) is 62.8 Å². The fourth-order valence-electron chi connectivity index (χ4n) is 12.2. The molecule has 28 heteroatoms. The molecule has 658 valence electrons. The number of nitrogens with zero attached hydrogens (tertiary/aromatic N) is 6. The predicted molar refractivity (Wildman–Crippen MR) is 449 cm³/mol. The van der Waals surface area contributed by atoms with E-state index in [2.05, 4.69) is 61.7 Å². The van der Waals surface area contributed by atoms with Crippen LogP contribution >= 0.6 is 0 Å². The van der Waals surface area contributed by atoms with Crippen LogP contribution in [0.5, 0.6) is 0 Å². The van der Waals surface area contributed by atoms with Crippen molar-refractivity contribution in [1.82, 2.24) is 66.6 Å². The van der Waals surface area contributed by atoms with Crippen LogP contribution < -0.4 is 37.2 Å². The van der Waals surface area contributed by atoms with Gasteiger partial charge in [0.1, 0.15) is 5.78 Å². The van der Waals surface area contributed by atoms with Crippen molar-refractivity contribution >= 4 is 53.0 Å². The van der Waals surface area contributed by atoms with Gasteiger partial charge in [-0.2, -0.15) is 0 Å². The van der Waals surface area contributed by atoms with Gasteiger partial charge >= 0.3 is 0 Å². The minimum atomic E-state index is -0.354. The highest BCUT2D eigenvalue weighted by Gasteiger charge is 2.23. The first-order valence-electron chi connectivity index (χ1n) is 42.9. The lowest BCUT2D eigenvalue weighted by Gasteiger charge is -2.34. The van der Waals surface area contributed by atoms with Crippen LogP contribution in [0.15, 0.2) is 0 Å². The molecule has 4 saturated heterocycles. The molecular formula is C84H167N13O15. The van der Waals surface area contributed by atoms with Crippen LogP contribution in [0, 0.1) is 53.3 Å². The molecule has 8 amide bonds. The normalized spacial score (nSPS) is 16.3. The molecular weight excluding hydrogens is 1430 g/mol. The minimum Gasteiger partial charge on any atom is -0.383 e. The Balaban J connectivity index is 0. The highest BCUT2D eigenvalue weighted by atomic mass is 16.7. The summed E-state index contributed by atoms with van der Waals surface area (Å²) in [5.74, 6) is 3.36. The summed E-state index contributed by atoms with van der Waals surface area (Å²) in [5, 5.41) is 20.3. The number of piperazine rings is 1. The van der Waals surface area contributed by atoms with Gasteiger partial charge in [-0.1, -0.05) is 129 Å². The lowest BCUT2D eigenvalue weighted by molar-refractivity contribution is -0.140. The van der Waals surface area contributed by atoms with E-state index >= 15 is 0 Å². The molecule has 5 rings (SSSR count). The molecule has 28 nitrogen and oxygen atoms in total. The summed E-state index contributed by atoms with van der Waals surface area (Å²) in [7, 11) is 6.57. The molecule has 5 aliphatic rings. The molecule has 0 unspecified atom stereocenters. The highest BCUT2D eigenvalue weighted by molar-refractivity contribution is 5.81. The van der Waals surface area contributed by atoms with Crippen LogP contribution in [-0.2, 0) is 71.6 Å². The van der Waals surface area contributed by atoms with Gasteiger partial charge in [-0.05, 0) is 96.7 Å². The maximum absolute atomic E-state index is 11.5. The second kappa shape index (κ2) is 70.2. The number of likely N-dealkylation sites (tertiary alicyclic amines) is 2. The number of amides is 8. The van der Waals surface area contributed by atoms with E-state index < -0.39 is 0 Å². The topological polar surface area (TPSA) is 313 Å². The zero-order valence-electron chi connectivity index (χ0n) is 74.6. The van der Waals surface area contributed by atoms with Crippen molar-refractivity contribution in [3.8, 4) is 0 Å². The van der Waals surface area contributed by atoms with E-state index in [0.29, 0.717) is 45.2 Å². The van der Waals surface area contributed by atoms with Gasteiger partial charge < -0.3 is 75.4 Å². The molecule has 0 aromatic rings. The number of methoxy groups -OCH3 is 4. The summed E-state index contributed by atoms with van der Waals surface area (Å²) in [6.07, 6.45) is 16.6. The van der Waals surface area contributed by atoms with Crippen LogP contribution in [0.25, 0.3) is 0 Å². The van der Waals surface area contributed by atoms with Crippen molar-refractivity contribution in [3.63, 3.8) is 0 Å². The second-order valence-electron chi connectivity index (χ2n) is 32.0. The van der Waals surface area contributed by atoms with Crippen molar-refractivity contribution in [2.24, 2.45) is 53.3 Å². The van der Waals surface area contributed by atoms with Crippen molar-refractivity contribution < 1.29 is 71.6 Å². The molecule has 0 bridgehead atoms. The predicted octanol–water partition coefficient (Wildman–Crippen LogP) is 7.70. The number of hydrogen-bond acceptors (Lipinski definition) is 20. The monoisotopic (exact) mass is 1600 g/mol. The van der Waals surface area contributed by atoms with Gasteiger partial charge in [0.05, 0.1) is 26.3 Å². The molecule has 1 aliphatic carbocycles. The highest BCUT2D eigenvalue weighted by Crippen LogP contribution is 2.26. The molecule has 5 fully saturated rings. The van der Waals surface area contributed by atoms with Gasteiger partial charge in [-0.15, -0.1) is 0 Å². The number of carbonyl (C=O) groups is 9. The Morgan fingerprint density at radius 2 is 0.723 bits per heavy atom. The van der Waals surface area contributed by atoms with E-state index in [4.69, 9.17) is 28.4 Å². The first-order chi connectivity index (χ1) is 53.3. The lowest BCUT2D eigenvalue weighted by Crippen LogP contribution is -2.49. The van der Waals surface area contributed by atoms with Crippen LogP contribution in [0.1, 0.15) is 214 Å². The van der Waals surface area contributed by atoms with E-state index in [-0.39, 0.29) is 101 Å². The second-order valence-corrected chi connectivity index (χ2v) is 32.0. The Bertz CT molecular complexity index is 2400. The van der Waals surface area contributed by atoms with E-state index in [0.717, 1.165) is 207 Å². The van der Waals surface area contributed by atoms with Crippen LogP contribution in [0.3, 0.4) is 0 Å². The molecule has 4 heterocycles. The fourth-order valence-corrected chi connectivity index (χ4v) is 12.2. The number of rotatable bonds is 41. The summed E-state index contributed by atoms with van der Waals surface area (Å²) in [5.41, 5.74) is 0. The quantitative estimate of drug-likeness (QED) is 0.0228. The number of hydrogen-bond donors (Lipinski definition) is 7. The summed E-state index contributed by atoms with van der Waals surface area (Å²) < 4.78 is 30.8. The van der Waals surface area contributed by atoms with E-state index in [1.54, 1.807) is 21.1 Å². The SMILES string of the molecule is CC(=O)N1CCC(CCCNC(=O)C(C)C)CC1.CC(C)C(=O)NCCC1CCCCC1.CC(C)C(=O)NCCN1CCCC(=O)C1.CCOC(CCCNC(=O)C(C)C)OCC.COC(CNC(=O)C(C)C)OC.COCCN1CCCN(CCNC(=O)C(C)C)CC1.COCCN1CCN(CCNC(=O)C(C)C)CC1. The molecule has 112 heavy (non-hydrogen) atoms. The molecule has 0 atom stereocenters. The number of piperidine rings is 2. The molecule has 1 saturated carbocycles. The van der Waals surface area contributed by atoms with E-state index in [1.165, 1.54) is 59.2 Å². The Labute approximate surface area is 680 Å². The summed E-state index contributed by atoms with van der Waals surface area (Å²) in [4.78, 5) is 115. The molecule has 0 aromatic heterocycles. The smallest absolute Gasteiger partial charge is 0.222 e. The minimum absolute atomic E-state index is 0.000591. The third kappa shape index (κ3) is 60.5. The van der Waals surface area contributed by atoms with Gasteiger partial charge in [0.15, 0.2) is 12.6 Å². The number of carbonyl (C=O) groups excluding carboxylic acids is 9.